The van der Waals surface area contributed by atoms with Gasteiger partial charge in [-0.1, -0.05) is 36.1 Å². The van der Waals surface area contributed by atoms with Crippen LogP contribution in [0.5, 0.6) is 0 Å². The number of ether oxygens (including phenoxy) is 2. The van der Waals surface area contributed by atoms with Gasteiger partial charge in [-0.25, -0.2) is 14.8 Å². The SMILES string of the molecule is COC(=O)c1cc(NC(=O)c2cnccn2)nc(-c2ccc(C#Cc3ccc(CN4CCOCC4)cc3)cc2)c1. The van der Waals surface area contributed by atoms with Gasteiger partial charge in [0.1, 0.15) is 11.5 Å². The molecule has 9 heteroatoms. The van der Waals surface area contributed by atoms with Crippen LogP contribution in [0.25, 0.3) is 11.3 Å². The van der Waals surface area contributed by atoms with Crippen LogP contribution in [-0.2, 0) is 16.0 Å². The molecule has 0 saturated carbocycles. The van der Waals surface area contributed by atoms with Gasteiger partial charge in [-0.15, -0.1) is 0 Å². The molecule has 0 radical (unpaired) electrons. The number of nitrogens with zero attached hydrogens (tertiary/aromatic N) is 4. The summed E-state index contributed by atoms with van der Waals surface area (Å²) in [5.41, 5.74) is 4.65. The Labute approximate surface area is 232 Å². The Balaban J connectivity index is 1.30. The molecule has 0 aliphatic carbocycles. The number of aromatic nitrogens is 3. The first-order valence-electron chi connectivity index (χ1n) is 12.8. The van der Waals surface area contributed by atoms with Crippen LogP contribution >= 0.6 is 0 Å². The average Bonchev–Trinajstić information content (AvgIpc) is 3.01. The number of anilines is 1. The van der Waals surface area contributed by atoms with E-state index >= 15 is 0 Å². The molecule has 3 heterocycles. The standard InChI is InChI=1S/C31H27N5O4/c1-39-31(38)26-18-27(34-29(19-26)35-30(37)28-20-32-12-13-33-28)25-10-8-23(9-11-25)3-2-22-4-6-24(7-5-22)21-36-14-16-40-17-15-36/h4-13,18-20H,14-17,21H2,1H3,(H,34,35,37). The third kappa shape index (κ3) is 6.94. The van der Waals surface area contributed by atoms with Crippen molar-refractivity contribution < 1.29 is 19.1 Å². The minimum absolute atomic E-state index is 0.129. The van der Waals surface area contributed by atoms with Crippen LogP contribution in [-0.4, -0.2) is 65.1 Å². The Bertz CT molecular complexity index is 1540. The van der Waals surface area contributed by atoms with Gasteiger partial charge in [-0.05, 0) is 42.0 Å². The molecule has 1 aliphatic heterocycles. The minimum Gasteiger partial charge on any atom is -0.465 e. The molecule has 4 aromatic rings. The molecule has 9 nitrogen and oxygen atoms in total. The molecule has 5 rings (SSSR count). The van der Waals surface area contributed by atoms with Crippen molar-refractivity contribution in [2.24, 2.45) is 0 Å². The van der Waals surface area contributed by atoms with Gasteiger partial charge in [0, 0.05) is 48.7 Å². The molecule has 1 amide bonds. The summed E-state index contributed by atoms with van der Waals surface area (Å²) in [5, 5.41) is 2.67. The van der Waals surface area contributed by atoms with Gasteiger partial charge in [0.2, 0.25) is 0 Å². The topological polar surface area (TPSA) is 107 Å². The summed E-state index contributed by atoms with van der Waals surface area (Å²) >= 11 is 0. The second kappa shape index (κ2) is 12.8. The highest BCUT2D eigenvalue weighted by Gasteiger charge is 2.15. The molecule has 200 valence electrons. The van der Waals surface area contributed by atoms with E-state index in [1.54, 1.807) is 6.07 Å². The van der Waals surface area contributed by atoms with E-state index < -0.39 is 11.9 Å². The van der Waals surface area contributed by atoms with Gasteiger partial charge in [0.05, 0.1) is 37.8 Å². The van der Waals surface area contributed by atoms with Crippen molar-refractivity contribution in [2.75, 3.05) is 38.7 Å². The first-order chi connectivity index (χ1) is 19.6. The second-order valence-corrected chi connectivity index (χ2v) is 9.08. The summed E-state index contributed by atoms with van der Waals surface area (Å²) in [4.78, 5) is 39.7. The fourth-order valence-electron chi connectivity index (χ4n) is 4.15. The average molecular weight is 534 g/mol. The Hall–Kier alpha value is -4.91. The van der Waals surface area contributed by atoms with Crippen LogP contribution in [0.2, 0.25) is 0 Å². The molecule has 40 heavy (non-hydrogen) atoms. The summed E-state index contributed by atoms with van der Waals surface area (Å²) in [5.74, 6) is 5.56. The zero-order chi connectivity index (χ0) is 27.7. The predicted molar refractivity (Wildman–Crippen MR) is 150 cm³/mol. The number of carbonyl (C=O) groups excluding carboxylic acids is 2. The molecular weight excluding hydrogens is 506 g/mol. The molecule has 2 aromatic heterocycles. The van der Waals surface area contributed by atoms with E-state index in [-0.39, 0.29) is 17.1 Å². The van der Waals surface area contributed by atoms with Gasteiger partial charge in [-0.2, -0.15) is 0 Å². The van der Waals surface area contributed by atoms with E-state index in [1.807, 2.05) is 36.4 Å². The third-order valence-corrected chi connectivity index (χ3v) is 6.28. The molecule has 0 atom stereocenters. The molecule has 0 unspecified atom stereocenters. The van der Waals surface area contributed by atoms with Crippen molar-refractivity contribution in [3.63, 3.8) is 0 Å². The molecule has 0 bridgehead atoms. The second-order valence-electron chi connectivity index (χ2n) is 9.08. The predicted octanol–water partition coefficient (Wildman–Crippen LogP) is 3.81. The van der Waals surface area contributed by atoms with E-state index in [9.17, 15) is 9.59 Å². The van der Waals surface area contributed by atoms with Gasteiger partial charge in [0.15, 0.2) is 0 Å². The van der Waals surface area contributed by atoms with Crippen LogP contribution in [0, 0.1) is 11.8 Å². The van der Waals surface area contributed by atoms with Crippen molar-refractivity contribution in [1.29, 1.82) is 0 Å². The number of hydrogen-bond acceptors (Lipinski definition) is 8. The maximum Gasteiger partial charge on any atom is 0.338 e. The third-order valence-electron chi connectivity index (χ3n) is 6.28. The molecule has 1 saturated heterocycles. The van der Waals surface area contributed by atoms with Crippen molar-refractivity contribution in [3.8, 4) is 23.1 Å². The Morgan fingerprint density at radius 1 is 0.975 bits per heavy atom. The van der Waals surface area contributed by atoms with Gasteiger partial charge < -0.3 is 14.8 Å². The number of pyridine rings is 1. The number of hydrogen-bond donors (Lipinski definition) is 1. The number of esters is 1. The van der Waals surface area contributed by atoms with E-state index in [0.29, 0.717) is 5.69 Å². The first kappa shape index (κ1) is 26.7. The number of amides is 1. The lowest BCUT2D eigenvalue weighted by molar-refractivity contribution is 0.0342. The molecule has 1 fully saturated rings. The fourth-order valence-corrected chi connectivity index (χ4v) is 4.15. The Kier molecular flexibility index (Phi) is 8.51. The van der Waals surface area contributed by atoms with E-state index in [0.717, 1.165) is 49.5 Å². The number of nitrogens with one attached hydrogen (secondary N) is 1. The number of benzene rings is 2. The molecule has 2 aromatic carbocycles. The number of methoxy groups -OCH3 is 1. The van der Waals surface area contributed by atoms with E-state index in [2.05, 4.69) is 49.1 Å². The summed E-state index contributed by atoms with van der Waals surface area (Å²) in [6.07, 6.45) is 4.24. The van der Waals surface area contributed by atoms with E-state index in [1.165, 1.54) is 37.3 Å². The molecule has 1 aliphatic rings. The molecule has 1 N–H and O–H groups in total. The van der Waals surface area contributed by atoms with Crippen LogP contribution in [0.3, 0.4) is 0 Å². The number of carbonyl (C=O) groups is 2. The van der Waals surface area contributed by atoms with Gasteiger partial charge in [-0.3, -0.25) is 14.7 Å². The van der Waals surface area contributed by atoms with E-state index in [4.69, 9.17) is 9.47 Å². The molecular formula is C31H27N5O4. The quantitative estimate of drug-likeness (QED) is 0.295. The zero-order valence-corrected chi connectivity index (χ0v) is 22.0. The minimum atomic E-state index is -0.544. The monoisotopic (exact) mass is 533 g/mol. The van der Waals surface area contributed by atoms with Crippen LogP contribution in [0.4, 0.5) is 5.82 Å². The summed E-state index contributed by atoms with van der Waals surface area (Å²) in [6.45, 7) is 4.40. The first-order valence-corrected chi connectivity index (χ1v) is 12.8. The van der Waals surface area contributed by atoms with Crippen LogP contribution in [0.1, 0.15) is 37.5 Å². The fraction of sp³-hybridized carbons (Fsp3) is 0.194. The summed E-state index contributed by atoms with van der Waals surface area (Å²) in [7, 11) is 1.30. The highest BCUT2D eigenvalue weighted by Crippen LogP contribution is 2.23. The Morgan fingerprint density at radius 2 is 1.68 bits per heavy atom. The maximum atomic E-state index is 12.6. The normalized spacial score (nSPS) is 13.1. The van der Waals surface area contributed by atoms with Gasteiger partial charge >= 0.3 is 5.97 Å². The maximum absolute atomic E-state index is 12.6. The van der Waals surface area contributed by atoms with Crippen molar-refractivity contribution in [2.45, 2.75) is 6.54 Å². The van der Waals surface area contributed by atoms with Gasteiger partial charge in [0.25, 0.3) is 5.91 Å². The van der Waals surface area contributed by atoms with Crippen molar-refractivity contribution in [3.05, 3.63) is 107 Å². The van der Waals surface area contributed by atoms with Crippen molar-refractivity contribution >= 4 is 17.7 Å². The smallest absolute Gasteiger partial charge is 0.338 e. The van der Waals surface area contributed by atoms with Crippen molar-refractivity contribution in [1.82, 2.24) is 19.9 Å². The molecule has 0 spiro atoms. The van der Waals surface area contributed by atoms with Crippen LogP contribution < -0.4 is 5.32 Å². The lowest BCUT2D eigenvalue weighted by atomic mass is 10.1. The number of rotatable bonds is 6. The Morgan fingerprint density at radius 3 is 2.33 bits per heavy atom. The zero-order valence-electron chi connectivity index (χ0n) is 22.0. The lowest BCUT2D eigenvalue weighted by Gasteiger charge is -2.26. The summed E-state index contributed by atoms with van der Waals surface area (Å²) in [6, 6.07) is 18.9. The lowest BCUT2D eigenvalue weighted by Crippen LogP contribution is -2.35. The highest BCUT2D eigenvalue weighted by molar-refractivity contribution is 6.03. The summed E-state index contributed by atoms with van der Waals surface area (Å²) < 4.78 is 10.3. The van der Waals surface area contributed by atoms with Crippen LogP contribution in [0.15, 0.2) is 79.3 Å². The number of morpholine rings is 1. The largest absolute Gasteiger partial charge is 0.465 e. The highest BCUT2D eigenvalue weighted by atomic mass is 16.5.